The maximum atomic E-state index is 11.0. The van der Waals surface area contributed by atoms with Crippen molar-refractivity contribution in [2.45, 2.75) is 25.0 Å². The van der Waals surface area contributed by atoms with E-state index in [0.717, 1.165) is 12.8 Å². The summed E-state index contributed by atoms with van der Waals surface area (Å²) in [5.74, 6) is 0.0676. The van der Waals surface area contributed by atoms with Crippen LogP contribution in [-0.4, -0.2) is 28.8 Å². The average Bonchev–Trinajstić information content (AvgIpc) is 2.56. The zero-order valence-corrected chi connectivity index (χ0v) is 12.1. The number of carbonyl (C=O) groups excluding carboxylic acids is 1. The van der Waals surface area contributed by atoms with Crippen molar-refractivity contribution in [3.05, 3.63) is 53.7 Å². The molecule has 2 heterocycles. The second-order valence-electron chi connectivity index (χ2n) is 5.30. The van der Waals surface area contributed by atoms with Crippen LogP contribution in [0.4, 0.5) is 5.82 Å². The zero-order valence-electron chi connectivity index (χ0n) is 12.1. The maximum absolute atomic E-state index is 11.0. The van der Waals surface area contributed by atoms with Gasteiger partial charge in [-0.25, -0.2) is 0 Å². The van der Waals surface area contributed by atoms with Crippen molar-refractivity contribution in [3.63, 3.8) is 0 Å². The molecular formula is C16H18N4O2. The summed E-state index contributed by atoms with van der Waals surface area (Å²) in [5.41, 5.74) is 6.50. The van der Waals surface area contributed by atoms with Crippen molar-refractivity contribution >= 4 is 11.7 Å². The molecule has 3 rings (SSSR count). The Kier molecular flexibility index (Phi) is 4.29. The van der Waals surface area contributed by atoms with Crippen LogP contribution in [0, 0.1) is 0 Å². The number of rotatable bonds is 4. The van der Waals surface area contributed by atoms with E-state index in [4.69, 9.17) is 10.5 Å². The Hall–Kier alpha value is -2.47. The van der Waals surface area contributed by atoms with Crippen molar-refractivity contribution in [2.24, 2.45) is 5.73 Å². The van der Waals surface area contributed by atoms with Crippen LogP contribution in [0.2, 0.25) is 0 Å². The van der Waals surface area contributed by atoms with E-state index in [1.54, 1.807) is 12.1 Å². The molecule has 3 N–H and O–H groups in total. The van der Waals surface area contributed by atoms with E-state index >= 15 is 0 Å². The van der Waals surface area contributed by atoms with Gasteiger partial charge in [-0.1, -0.05) is 30.3 Å². The fourth-order valence-electron chi connectivity index (χ4n) is 2.58. The highest BCUT2D eigenvalue weighted by molar-refractivity contribution is 5.90. The molecule has 1 aliphatic heterocycles. The highest BCUT2D eigenvalue weighted by Gasteiger charge is 2.24. The fourth-order valence-corrected chi connectivity index (χ4v) is 2.58. The number of carbonyl (C=O) groups is 1. The van der Waals surface area contributed by atoms with Gasteiger partial charge < -0.3 is 15.8 Å². The number of nitrogens with two attached hydrogens (primary N) is 1. The number of nitrogens with zero attached hydrogens (tertiary/aromatic N) is 2. The second-order valence-corrected chi connectivity index (χ2v) is 5.30. The Morgan fingerprint density at radius 3 is 2.68 bits per heavy atom. The van der Waals surface area contributed by atoms with Gasteiger partial charge in [0.05, 0.1) is 6.10 Å². The normalized spacial score (nSPS) is 21.3. The van der Waals surface area contributed by atoms with Gasteiger partial charge >= 0.3 is 0 Å². The van der Waals surface area contributed by atoms with E-state index in [1.807, 2.05) is 18.2 Å². The van der Waals surface area contributed by atoms with Crippen LogP contribution in [0.25, 0.3) is 0 Å². The van der Waals surface area contributed by atoms with E-state index in [-0.39, 0.29) is 17.8 Å². The van der Waals surface area contributed by atoms with Crippen molar-refractivity contribution in [2.75, 3.05) is 11.9 Å². The number of ether oxygens (including phenoxy) is 1. The van der Waals surface area contributed by atoms with Gasteiger partial charge in [-0.05, 0) is 30.5 Å². The lowest BCUT2D eigenvalue weighted by Gasteiger charge is -2.30. The van der Waals surface area contributed by atoms with Gasteiger partial charge in [-0.15, -0.1) is 10.2 Å². The van der Waals surface area contributed by atoms with E-state index < -0.39 is 5.91 Å². The summed E-state index contributed by atoms with van der Waals surface area (Å²) in [4.78, 5) is 11.0. The number of amides is 1. The highest BCUT2D eigenvalue weighted by atomic mass is 16.5. The summed E-state index contributed by atoms with van der Waals surface area (Å²) >= 11 is 0. The quantitative estimate of drug-likeness (QED) is 0.900. The molecule has 0 bridgehead atoms. The highest BCUT2D eigenvalue weighted by Crippen LogP contribution is 2.29. The molecule has 1 aliphatic rings. The molecule has 1 fully saturated rings. The van der Waals surface area contributed by atoms with E-state index in [0.29, 0.717) is 12.4 Å². The minimum absolute atomic E-state index is 0.0882. The number of aromatic nitrogens is 2. The molecule has 2 atom stereocenters. The first-order valence-electron chi connectivity index (χ1n) is 7.29. The first-order valence-corrected chi connectivity index (χ1v) is 7.29. The smallest absolute Gasteiger partial charge is 0.269 e. The number of primary amides is 1. The molecule has 2 aromatic rings. The first kappa shape index (κ1) is 14.5. The Labute approximate surface area is 128 Å². The minimum Gasteiger partial charge on any atom is -0.373 e. The van der Waals surface area contributed by atoms with Gasteiger partial charge in [-0.3, -0.25) is 4.79 Å². The van der Waals surface area contributed by atoms with Crippen molar-refractivity contribution < 1.29 is 9.53 Å². The van der Waals surface area contributed by atoms with Gasteiger partial charge in [0.2, 0.25) is 0 Å². The van der Waals surface area contributed by atoms with Gasteiger partial charge in [0, 0.05) is 12.6 Å². The standard InChI is InChI=1S/C16H18N4O2/c17-16(21)13-6-7-15(20-19-13)18-12-8-9-22-14(10-12)11-4-2-1-3-5-11/h1-7,12,14H,8-10H2,(H2,17,21)(H,18,20). The summed E-state index contributed by atoms with van der Waals surface area (Å²) in [6.45, 7) is 0.698. The summed E-state index contributed by atoms with van der Waals surface area (Å²) < 4.78 is 5.85. The SMILES string of the molecule is NC(=O)c1ccc(NC2CCOC(c3ccccc3)C2)nn1. The molecule has 2 unspecified atom stereocenters. The molecule has 0 spiro atoms. The Bertz CT molecular complexity index is 630. The van der Waals surface area contributed by atoms with Gasteiger partial charge in [0.25, 0.3) is 5.91 Å². The number of hydrogen-bond donors (Lipinski definition) is 2. The third-order valence-corrected chi connectivity index (χ3v) is 3.72. The van der Waals surface area contributed by atoms with Crippen LogP contribution >= 0.6 is 0 Å². The van der Waals surface area contributed by atoms with Crippen LogP contribution in [-0.2, 0) is 4.74 Å². The third kappa shape index (κ3) is 3.40. The van der Waals surface area contributed by atoms with Crippen LogP contribution in [0.3, 0.4) is 0 Å². The lowest BCUT2D eigenvalue weighted by Crippen LogP contribution is -2.30. The Morgan fingerprint density at radius 2 is 2.00 bits per heavy atom. The first-order chi connectivity index (χ1) is 10.7. The summed E-state index contributed by atoms with van der Waals surface area (Å²) in [7, 11) is 0. The molecule has 6 nitrogen and oxygen atoms in total. The molecule has 1 saturated heterocycles. The molecule has 1 aromatic carbocycles. The molecular weight excluding hydrogens is 280 g/mol. The van der Waals surface area contributed by atoms with Gasteiger partial charge in [-0.2, -0.15) is 0 Å². The van der Waals surface area contributed by atoms with E-state index in [9.17, 15) is 4.79 Å². The van der Waals surface area contributed by atoms with E-state index in [1.165, 1.54) is 5.56 Å². The third-order valence-electron chi connectivity index (χ3n) is 3.72. The fraction of sp³-hybridized carbons (Fsp3) is 0.312. The van der Waals surface area contributed by atoms with Crippen molar-refractivity contribution in [1.29, 1.82) is 0 Å². The summed E-state index contributed by atoms with van der Waals surface area (Å²) in [5, 5.41) is 11.1. The number of benzene rings is 1. The molecule has 0 radical (unpaired) electrons. The van der Waals surface area contributed by atoms with Crippen LogP contribution < -0.4 is 11.1 Å². The lowest BCUT2D eigenvalue weighted by molar-refractivity contribution is 0.00973. The summed E-state index contributed by atoms with van der Waals surface area (Å²) in [6.07, 6.45) is 1.86. The zero-order chi connectivity index (χ0) is 15.4. The molecule has 0 saturated carbocycles. The monoisotopic (exact) mass is 298 g/mol. The van der Waals surface area contributed by atoms with Gasteiger partial charge in [0.15, 0.2) is 5.69 Å². The predicted octanol–water partition coefficient (Wildman–Crippen LogP) is 1.91. The average molecular weight is 298 g/mol. The largest absolute Gasteiger partial charge is 0.373 e. The summed E-state index contributed by atoms with van der Waals surface area (Å²) in [6, 6.07) is 13.7. The van der Waals surface area contributed by atoms with E-state index in [2.05, 4.69) is 27.6 Å². The van der Waals surface area contributed by atoms with Crippen LogP contribution in [0.5, 0.6) is 0 Å². The molecule has 6 heteroatoms. The topological polar surface area (TPSA) is 90.1 Å². The lowest BCUT2D eigenvalue weighted by atomic mass is 9.97. The number of nitrogens with one attached hydrogen (secondary N) is 1. The van der Waals surface area contributed by atoms with Crippen LogP contribution in [0.1, 0.15) is 35.0 Å². The molecule has 114 valence electrons. The molecule has 22 heavy (non-hydrogen) atoms. The Balaban J connectivity index is 1.64. The van der Waals surface area contributed by atoms with Crippen molar-refractivity contribution in [3.8, 4) is 0 Å². The Morgan fingerprint density at radius 1 is 1.18 bits per heavy atom. The molecule has 0 aliphatic carbocycles. The molecule has 1 amide bonds. The molecule has 1 aromatic heterocycles. The van der Waals surface area contributed by atoms with Crippen LogP contribution in [0.15, 0.2) is 42.5 Å². The maximum Gasteiger partial charge on any atom is 0.269 e. The second kappa shape index (κ2) is 6.53. The van der Waals surface area contributed by atoms with Gasteiger partial charge in [0.1, 0.15) is 5.82 Å². The predicted molar refractivity (Wildman–Crippen MR) is 82.3 cm³/mol. The number of hydrogen-bond acceptors (Lipinski definition) is 5. The van der Waals surface area contributed by atoms with Crippen molar-refractivity contribution in [1.82, 2.24) is 10.2 Å². The minimum atomic E-state index is -0.575. The number of anilines is 1.